The van der Waals surface area contributed by atoms with E-state index in [0.29, 0.717) is 11.1 Å². The van der Waals surface area contributed by atoms with Gasteiger partial charge in [0.2, 0.25) is 0 Å². The number of aromatic nitrogens is 3. The number of nitrogens with one attached hydrogen (secondary N) is 3. The van der Waals surface area contributed by atoms with Gasteiger partial charge in [-0.05, 0) is 63.5 Å². The molecule has 29 heavy (non-hydrogen) atoms. The molecule has 7 nitrogen and oxygen atoms in total. The summed E-state index contributed by atoms with van der Waals surface area (Å²) in [5, 5.41) is 11.2. The number of hydrogen-bond acceptors (Lipinski definition) is 4. The molecule has 0 radical (unpaired) electrons. The molecule has 0 atom stereocenters. The first-order valence-electron chi connectivity index (χ1n) is 9.77. The summed E-state index contributed by atoms with van der Waals surface area (Å²) in [6.07, 6.45) is 3.40. The van der Waals surface area contributed by atoms with Crippen LogP contribution in [0, 0.1) is 13.8 Å². The first-order valence-corrected chi connectivity index (χ1v) is 10.6. The van der Waals surface area contributed by atoms with E-state index >= 15 is 0 Å². The minimum absolute atomic E-state index is 0.0739. The van der Waals surface area contributed by atoms with E-state index in [4.69, 9.17) is 0 Å². The van der Waals surface area contributed by atoms with E-state index in [2.05, 4.69) is 36.4 Å². The molecule has 3 aromatic rings. The first kappa shape index (κ1) is 19.8. The fourth-order valence-corrected chi connectivity index (χ4v) is 4.54. The molecule has 0 unspecified atom stereocenters. The van der Waals surface area contributed by atoms with E-state index in [1.54, 1.807) is 6.20 Å². The number of pyridine rings is 1. The number of H-pyrrole nitrogens is 2. The van der Waals surface area contributed by atoms with Crippen LogP contribution >= 0.6 is 15.9 Å². The van der Waals surface area contributed by atoms with Crippen molar-refractivity contribution >= 4 is 32.7 Å². The predicted octanol–water partition coefficient (Wildman–Crippen LogP) is 3.02. The number of benzene rings is 1. The van der Waals surface area contributed by atoms with Crippen molar-refractivity contribution < 1.29 is 4.79 Å². The number of amides is 1. The van der Waals surface area contributed by atoms with Crippen molar-refractivity contribution in [2.45, 2.75) is 39.3 Å². The molecule has 0 bridgehead atoms. The molecule has 0 saturated carbocycles. The maximum absolute atomic E-state index is 13.7. The van der Waals surface area contributed by atoms with Crippen LogP contribution in [-0.2, 0) is 6.54 Å². The highest BCUT2D eigenvalue weighted by molar-refractivity contribution is 9.10. The highest BCUT2D eigenvalue weighted by Gasteiger charge is 2.29. The molecule has 1 fully saturated rings. The summed E-state index contributed by atoms with van der Waals surface area (Å²) < 4.78 is 0.812. The molecule has 0 aliphatic carbocycles. The number of carbonyl (C=O) groups is 1. The molecule has 1 aromatic carbocycles. The topological polar surface area (TPSA) is 93.9 Å². The average molecular weight is 458 g/mol. The second kappa shape index (κ2) is 8.12. The average Bonchev–Trinajstić information content (AvgIpc) is 3.15. The summed E-state index contributed by atoms with van der Waals surface area (Å²) in [4.78, 5) is 31.1. The lowest BCUT2D eigenvalue weighted by atomic mass is 10.0. The normalized spacial score (nSPS) is 15.0. The Balaban J connectivity index is 1.77. The minimum atomic E-state index is -0.128. The Morgan fingerprint density at radius 1 is 1.24 bits per heavy atom. The van der Waals surface area contributed by atoms with Crippen molar-refractivity contribution in [3.05, 3.63) is 61.6 Å². The molecular weight excluding hydrogens is 434 g/mol. The molecule has 3 N–H and O–H groups in total. The molecule has 1 aliphatic heterocycles. The number of carbonyl (C=O) groups excluding carboxylic acids is 1. The van der Waals surface area contributed by atoms with Gasteiger partial charge in [-0.3, -0.25) is 14.7 Å². The maximum atomic E-state index is 13.7. The maximum Gasteiger partial charge on any atom is 0.255 e. The van der Waals surface area contributed by atoms with Gasteiger partial charge in [0.25, 0.3) is 11.5 Å². The standard InChI is InChI=1S/C21H24BrN5O2/c1-12-7-13(2)25-20(28)18(12)11-27(15-3-5-23-6-4-15)21(29)16-8-14(22)9-19-17(16)10-24-26-19/h7-10,15,23H,3-6,11H2,1-2H3,(H,24,26)(H,25,28). The molecule has 3 heterocycles. The molecule has 4 rings (SSSR count). The second-order valence-corrected chi connectivity index (χ2v) is 8.56. The summed E-state index contributed by atoms with van der Waals surface area (Å²) >= 11 is 3.50. The zero-order chi connectivity index (χ0) is 20.5. The van der Waals surface area contributed by atoms with Crippen molar-refractivity contribution in [3.8, 4) is 0 Å². The van der Waals surface area contributed by atoms with Gasteiger partial charge in [-0.1, -0.05) is 15.9 Å². The minimum Gasteiger partial charge on any atom is -0.331 e. The number of aromatic amines is 2. The summed E-state index contributed by atoms with van der Waals surface area (Å²) in [5.41, 5.74) is 3.63. The fraction of sp³-hybridized carbons (Fsp3) is 0.381. The molecule has 8 heteroatoms. The fourth-order valence-electron chi connectivity index (χ4n) is 4.08. The van der Waals surface area contributed by atoms with Crippen LogP contribution in [0.4, 0.5) is 0 Å². The van der Waals surface area contributed by atoms with Crippen LogP contribution in [0.5, 0.6) is 0 Å². The van der Waals surface area contributed by atoms with Crippen LogP contribution < -0.4 is 10.9 Å². The third kappa shape index (κ3) is 4.00. The summed E-state index contributed by atoms with van der Waals surface area (Å²) in [6.45, 7) is 5.80. The Morgan fingerprint density at radius 3 is 2.72 bits per heavy atom. The number of hydrogen-bond donors (Lipinski definition) is 3. The van der Waals surface area contributed by atoms with E-state index in [1.807, 2.05) is 36.9 Å². The van der Waals surface area contributed by atoms with E-state index < -0.39 is 0 Å². The first-order chi connectivity index (χ1) is 13.9. The lowest BCUT2D eigenvalue weighted by molar-refractivity contribution is 0.0624. The van der Waals surface area contributed by atoms with Gasteiger partial charge in [-0.15, -0.1) is 0 Å². The number of piperidine rings is 1. The van der Waals surface area contributed by atoms with Crippen molar-refractivity contribution in [3.63, 3.8) is 0 Å². The molecule has 1 amide bonds. The number of rotatable bonds is 4. The highest BCUT2D eigenvalue weighted by atomic mass is 79.9. The zero-order valence-electron chi connectivity index (χ0n) is 16.5. The SMILES string of the molecule is Cc1cc(C)c(CN(C(=O)c2cc(Br)cc3[nH]ncc23)C2CCNCC2)c(=O)[nH]1. The van der Waals surface area contributed by atoms with Crippen LogP contribution in [0.1, 0.15) is 40.0 Å². The number of halogens is 1. The van der Waals surface area contributed by atoms with Crippen LogP contribution in [0.2, 0.25) is 0 Å². The van der Waals surface area contributed by atoms with E-state index in [9.17, 15) is 9.59 Å². The van der Waals surface area contributed by atoms with Gasteiger partial charge < -0.3 is 15.2 Å². The molecule has 152 valence electrons. The molecular formula is C21H24BrN5O2. The predicted molar refractivity (Wildman–Crippen MR) is 116 cm³/mol. The van der Waals surface area contributed by atoms with Gasteiger partial charge in [0.15, 0.2) is 0 Å². The monoisotopic (exact) mass is 457 g/mol. The van der Waals surface area contributed by atoms with Crippen molar-refractivity contribution in [1.29, 1.82) is 0 Å². The van der Waals surface area contributed by atoms with Crippen molar-refractivity contribution in [1.82, 2.24) is 25.4 Å². The highest BCUT2D eigenvalue weighted by Crippen LogP contribution is 2.26. The summed E-state index contributed by atoms with van der Waals surface area (Å²) in [5.74, 6) is -0.0797. The van der Waals surface area contributed by atoms with Gasteiger partial charge in [-0.2, -0.15) is 5.10 Å². The van der Waals surface area contributed by atoms with E-state index in [1.165, 1.54) is 0 Å². The Morgan fingerprint density at radius 2 is 2.00 bits per heavy atom. The van der Waals surface area contributed by atoms with Crippen LogP contribution in [0.3, 0.4) is 0 Å². The van der Waals surface area contributed by atoms with Crippen LogP contribution in [-0.4, -0.2) is 45.1 Å². The van der Waals surface area contributed by atoms with Gasteiger partial charge in [0.1, 0.15) is 0 Å². The third-order valence-electron chi connectivity index (χ3n) is 5.59. The van der Waals surface area contributed by atoms with Crippen molar-refractivity contribution in [2.75, 3.05) is 13.1 Å². The molecule has 1 saturated heterocycles. The quantitative estimate of drug-likeness (QED) is 0.561. The number of fused-ring (bicyclic) bond motifs is 1. The third-order valence-corrected chi connectivity index (χ3v) is 6.04. The second-order valence-electron chi connectivity index (χ2n) is 7.64. The van der Waals surface area contributed by atoms with Gasteiger partial charge >= 0.3 is 0 Å². The summed E-state index contributed by atoms with van der Waals surface area (Å²) in [6, 6.07) is 5.77. The summed E-state index contributed by atoms with van der Waals surface area (Å²) in [7, 11) is 0. The van der Waals surface area contributed by atoms with Gasteiger partial charge in [0.05, 0.1) is 23.8 Å². The number of aryl methyl sites for hydroxylation is 2. The lowest BCUT2D eigenvalue weighted by Gasteiger charge is -2.35. The van der Waals surface area contributed by atoms with Crippen LogP contribution in [0.25, 0.3) is 10.9 Å². The van der Waals surface area contributed by atoms with E-state index in [0.717, 1.165) is 52.6 Å². The van der Waals surface area contributed by atoms with Crippen molar-refractivity contribution in [2.24, 2.45) is 0 Å². The molecule has 0 spiro atoms. The lowest BCUT2D eigenvalue weighted by Crippen LogP contribution is -2.46. The van der Waals surface area contributed by atoms with Crippen LogP contribution in [0.15, 0.2) is 33.7 Å². The smallest absolute Gasteiger partial charge is 0.255 e. The number of nitrogens with zero attached hydrogens (tertiary/aromatic N) is 2. The zero-order valence-corrected chi connectivity index (χ0v) is 18.1. The molecule has 1 aliphatic rings. The largest absolute Gasteiger partial charge is 0.331 e. The Kier molecular flexibility index (Phi) is 5.56. The molecule has 2 aromatic heterocycles. The van der Waals surface area contributed by atoms with Gasteiger partial charge in [0, 0.05) is 27.2 Å². The Labute approximate surface area is 177 Å². The Bertz CT molecular complexity index is 1110. The van der Waals surface area contributed by atoms with Gasteiger partial charge in [-0.25, -0.2) is 0 Å². The Hall–Kier alpha value is -2.45. The van der Waals surface area contributed by atoms with E-state index in [-0.39, 0.29) is 24.1 Å².